The lowest BCUT2D eigenvalue weighted by atomic mass is 10.1. The van der Waals surface area contributed by atoms with Crippen LogP contribution in [0.1, 0.15) is 10.4 Å². The minimum Gasteiger partial charge on any atom is -0.253 e. The Balaban J connectivity index is 2.15. The fourth-order valence-electron chi connectivity index (χ4n) is 1.13. The van der Waals surface area contributed by atoms with Gasteiger partial charge in [-0.15, -0.1) is 11.3 Å². The highest BCUT2D eigenvalue weighted by molar-refractivity contribution is 7.09. The fourth-order valence-corrected chi connectivity index (χ4v) is 1.76. The molecule has 2 aromatic rings. The maximum atomic E-state index is 4.04. The van der Waals surface area contributed by atoms with Crippen LogP contribution in [-0.4, -0.2) is 4.98 Å². The van der Waals surface area contributed by atoms with Crippen molar-refractivity contribution in [1.82, 2.24) is 4.98 Å². The highest BCUT2D eigenvalue weighted by Crippen LogP contribution is 2.11. The summed E-state index contributed by atoms with van der Waals surface area (Å²) < 4.78 is 0. The first kappa shape index (κ1) is 7.50. The summed E-state index contributed by atoms with van der Waals surface area (Å²) >= 11 is 1.71. The Labute approximate surface area is 75.7 Å². The molecule has 0 N–H and O–H groups in total. The second-order valence-corrected chi connectivity index (χ2v) is 3.60. The van der Waals surface area contributed by atoms with Gasteiger partial charge in [0, 0.05) is 17.5 Å². The molecule has 0 atom stereocenters. The van der Waals surface area contributed by atoms with Gasteiger partial charge in [0.2, 0.25) is 0 Å². The largest absolute Gasteiger partial charge is 0.253 e. The molecule has 2 heteroatoms. The zero-order chi connectivity index (χ0) is 8.23. The van der Waals surface area contributed by atoms with E-state index in [-0.39, 0.29) is 0 Å². The van der Waals surface area contributed by atoms with E-state index in [0.717, 1.165) is 6.42 Å². The molecule has 12 heavy (non-hydrogen) atoms. The third kappa shape index (κ3) is 1.71. The Morgan fingerprint density at radius 3 is 2.67 bits per heavy atom. The van der Waals surface area contributed by atoms with Crippen molar-refractivity contribution in [1.29, 1.82) is 0 Å². The smallest absolute Gasteiger partial charge is 0.0794 e. The normalized spacial score (nSPS) is 10.0. The molecule has 1 nitrogen and oxygen atoms in total. The molecule has 0 radical (unpaired) electrons. The molecule has 0 aliphatic heterocycles. The van der Waals surface area contributed by atoms with Gasteiger partial charge in [-0.25, -0.2) is 0 Å². The second-order valence-electron chi connectivity index (χ2n) is 2.63. The van der Waals surface area contributed by atoms with Crippen LogP contribution >= 0.6 is 11.3 Å². The van der Waals surface area contributed by atoms with Gasteiger partial charge in [-0.1, -0.05) is 30.3 Å². The first-order valence-electron chi connectivity index (χ1n) is 3.86. The summed E-state index contributed by atoms with van der Waals surface area (Å²) in [5.74, 6) is 0. The minimum atomic E-state index is 1.01. The topological polar surface area (TPSA) is 12.9 Å². The SMILES string of the molecule is c1ccc(Cc2cncs2)cc1. The number of benzene rings is 1. The van der Waals surface area contributed by atoms with Crippen molar-refractivity contribution in [2.75, 3.05) is 0 Å². The van der Waals surface area contributed by atoms with Gasteiger partial charge in [-0.05, 0) is 5.56 Å². The van der Waals surface area contributed by atoms with E-state index in [9.17, 15) is 0 Å². The van der Waals surface area contributed by atoms with Gasteiger partial charge in [0.15, 0.2) is 0 Å². The molecule has 0 bridgehead atoms. The monoisotopic (exact) mass is 175 g/mol. The van der Waals surface area contributed by atoms with E-state index in [0.29, 0.717) is 0 Å². The summed E-state index contributed by atoms with van der Waals surface area (Å²) in [6.45, 7) is 0. The number of thiazole rings is 1. The van der Waals surface area contributed by atoms with E-state index in [1.807, 2.05) is 17.8 Å². The minimum absolute atomic E-state index is 1.01. The molecule has 0 aliphatic carbocycles. The molecule has 0 fully saturated rings. The van der Waals surface area contributed by atoms with E-state index in [1.165, 1.54) is 10.4 Å². The first-order valence-corrected chi connectivity index (χ1v) is 4.74. The van der Waals surface area contributed by atoms with Crippen LogP contribution in [0, 0.1) is 0 Å². The van der Waals surface area contributed by atoms with Crippen molar-refractivity contribution in [2.24, 2.45) is 0 Å². The average molecular weight is 175 g/mol. The highest BCUT2D eigenvalue weighted by Gasteiger charge is 1.95. The highest BCUT2D eigenvalue weighted by atomic mass is 32.1. The number of aromatic nitrogens is 1. The summed E-state index contributed by atoms with van der Waals surface area (Å²) in [6, 6.07) is 10.4. The van der Waals surface area contributed by atoms with E-state index in [2.05, 4.69) is 29.2 Å². The summed E-state index contributed by atoms with van der Waals surface area (Å²) in [7, 11) is 0. The van der Waals surface area contributed by atoms with Crippen molar-refractivity contribution in [3.05, 3.63) is 52.5 Å². The Hall–Kier alpha value is -1.15. The van der Waals surface area contributed by atoms with Crippen molar-refractivity contribution in [2.45, 2.75) is 6.42 Å². The van der Waals surface area contributed by atoms with Crippen LogP contribution in [0.3, 0.4) is 0 Å². The summed E-state index contributed by atoms with van der Waals surface area (Å²) in [5.41, 5.74) is 3.22. The number of nitrogens with zero attached hydrogens (tertiary/aromatic N) is 1. The Kier molecular flexibility index (Phi) is 2.19. The number of hydrogen-bond acceptors (Lipinski definition) is 2. The fraction of sp³-hybridized carbons (Fsp3) is 0.100. The third-order valence-corrected chi connectivity index (χ3v) is 2.48. The molecule has 0 unspecified atom stereocenters. The summed E-state index contributed by atoms with van der Waals surface area (Å²) in [6.07, 6.45) is 2.93. The Morgan fingerprint density at radius 1 is 1.17 bits per heavy atom. The Bertz CT molecular complexity index is 326. The van der Waals surface area contributed by atoms with E-state index >= 15 is 0 Å². The molecule has 1 aromatic carbocycles. The van der Waals surface area contributed by atoms with E-state index in [1.54, 1.807) is 11.3 Å². The maximum absolute atomic E-state index is 4.04. The average Bonchev–Trinajstić information content (AvgIpc) is 2.59. The second kappa shape index (κ2) is 3.50. The predicted molar refractivity (Wildman–Crippen MR) is 51.4 cm³/mol. The van der Waals surface area contributed by atoms with Crippen molar-refractivity contribution in [3.8, 4) is 0 Å². The van der Waals surface area contributed by atoms with Gasteiger partial charge in [0.1, 0.15) is 0 Å². The molecule has 0 amide bonds. The number of rotatable bonds is 2. The van der Waals surface area contributed by atoms with Crippen molar-refractivity contribution >= 4 is 11.3 Å². The van der Waals surface area contributed by atoms with Crippen LogP contribution in [0.15, 0.2) is 42.0 Å². The Morgan fingerprint density at radius 2 is 2.00 bits per heavy atom. The molecule has 1 aromatic heterocycles. The zero-order valence-corrected chi connectivity index (χ0v) is 7.42. The molecule has 0 spiro atoms. The van der Waals surface area contributed by atoms with E-state index < -0.39 is 0 Å². The van der Waals surface area contributed by atoms with Crippen LogP contribution in [0.25, 0.3) is 0 Å². The van der Waals surface area contributed by atoms with Gasteiger partial charge in [-0.2, -0.15) is 0 Å². The van der Waals surface area contributed by atoms with Crippen LogP contribution in [-0.2, 0) is 6.42 Å². The molecule has 2 rings (SSSR count). The van der Waals surface area contributed by atoms with Gasteiger partial charge in [0.25, 0.3) is 0 Å². The third-order valence-electron chi connectivity index (χ3n) is 1.70. The standard InChI is InChI=1S/C10H9NS/c1-2-4-9(5-3-1)6-10-7-11-8-12-10/h1-5,7-8H,6H2. The molecule has 1 heterocycles. The lowest BCUT2D eigenvalue weighted by Gasteiger charge is -1.95. The molecule has 0 saturated heterocycles. The molecule has 0 saturated carbocycles. The molecular weight excluding hydrogens is 166 g/mol. The van der Waals surface area contributed by atoms with Gasteiger partial charge < -0.3 is 0 Å². The quantitative estimate of drug-likeness (QED) is 0.684. The summed E-state index contributed by atoms with van der Waals surface area (Å²) in [4.78, 5) is 5.36. The first-order chi connectivity index (χ1) is 5.95. The van der Waals surface area contributed by atoms with Crippen LogP contribution < -0.4 is 0 Å². The van der Waals surface area contributed by atoms with Crippen LogP contribution in [0.4, 0.5) is 0 Å². The predicted octanol–water partition coefficient (Wildman–Crippen LogP) is 2.73. The molecule has 0 aliphatic rings. The number of hydrogen-bond donors (Lipinski definition) is 0. The van der Waals surface area contributed by atoms with Crippen molar-refractivity contribution in [3.63, 3.8) is 0 Å². The summed E-state index contributed by atoms with van der Waals surface area (Å²) in [5, 5.41) is 0. The van der Waals surface area contributed by atoms with Gasteiger partial charge in [0.05, 0.1) is 5.51 Å². The van der Waals surface area contributed by atoms with Crippen molar-refractivity contribution < 1.29 is 0 Å². The molecule has 60 valence electrons. The van der Waals surface area contributed by atoms with Crippen LogP contribution in [0.5, 0.6) is 0 Å². The maximum Gasteiger partial charge on any atom is 0.0794 e. The van der Waals surface area contributed by atoms with Gasteiger partial charge >= 0.3 is 0 Å². The lowest BCUT2D eigenvalue weighted by Crippen LogP contribution is -1.82. The van der Waals surface area contributed by atoms with E-state index in [4.69, 9.17) is 0 Å². The lowest BCUT2D eigenvalue weighted by molar-refractivity contribution is 1.22. The van der Waals surface area contributed by atoms with Crippen LogP contribution in [0.2, 0.25) is 0 Å². The van der Waals surface area contributed by atoms with Gasteiger partial charge in [-0.3, -0.25) is 4.98 Å². The molecular formula is C10H9NS. The zero-order valence-electron chi connectivity index (χ0n) is 6.60.